The lowest BCUT2D eigenvalue weighted by molar-refractivity contribution is -0.139. The normalized spacial score (nSPS) is 16.4. The quantitative estimate of drug-likeness (QED) is 0.713. The van der Waals surface area contributed by atoms with E-state index in [0.29, 0.717) is 18.9 Å². The van der Waals surface area contributed by atoms with E-state index in [0.717, 1.165) is 13.0 Å². The van der Waals surface area contributed by atoms with E-state index in [1.54, 1.807) is 11.8 Å². The van der Waals surface area contributed by atoms with E-state index in [2.05, 4.69) is 5.32 Å². The van der Waals surface area contributed by atoms with Crippen molar-refractivity contribution in [1.82, 2.24) is 10.2 Å². The third kappa shape index (κ3) is 4.63. The highest BCUT2D eigenvalue weighted by Gasteiger charge is 2.28. The van der Waals surface area contributed by atoms with Gasteiger partial charge in [-0.3, -0.25) is 0 Å². The molecule has 0 spiro atoms. The average Bonchev–Trinajstić information content (AvgIpc) is 3.08. The van der Waals surface area contributed by atoms with Crippen molar-refractivity contribution in [2.45, 2.75) is 45.6 Å². The van der Waals surface area contributed by atoms with E-state index in [9.17, 15) is 9.59 Å². The van der Waals surface area contributed by atoms with Crippen LogP contribution >= 0.6 is 0 Å². The number of carboxylic acids is 1. The zero-order valence-electron chi connectivity index (χ0n) is 10.6. The van der Waals surface area contributed by atoms with Crippen LogP contribution in [0.25, 0.3) is 0 Å². The second kappa shape index (κ2) is 6.47. The number of nitrogens with zero attached hydrogens (tertiary/aromatic N) is 1. The van der Waals surface area contributed by atoms with E-state index in [-0.39, 0.29) is 6.03 Å². The summed E-state index contributed by atoms with van der Waals surface area (Å²) in [6.07, 6.45) is 3.67. The summed E-state index contributed by atoms with van der Waals surface area (Å²) in [6, 6.07) is -1.02. The Balaban J connectivity index is 2.47. The first-order valence-corrected chi connectivity index (χ1v) is 6.36. The first-order valence-electron chi connectivity index (χ1n) is 6.36. The second-order valence-corrected chi connectivity index (χ2v) is 4.64. The Hall–Kier alpha value is -1.26. The molecule has 0 aromatic rings. The maximum absolute atomic E-state index is 11.9. The summed E-state index contributed by atoms with van der Waals surface area (Å²) in [5, 5.41) is 11.5. The van der Waals surface area contributed by atoms with Gasteiger partial charge in [-0.15, -0.1) is 0 Å². The van der Waals surface area contributed by atoms with Gasteiger partial charge in [0, 0.05) is 13.1 Å². The van der Waals surface area contributed by atoms with Crippen LogP contribution in [0.3, 0.4) is 0 Å². The molecule has 2 N–H and O–H groups in total. The van der Waals surface area contributed by atoms with Crippen molar-refractivity contribution in [2.24, 2.45) is 5.92 Å². The fourth-order valence-electron chi connectivity index (χ4n) is 1.74. The van der Waals surface area contributed by atoms with Gasteiger partial charge in [0.25, 0.3) is 0 Å². The Bertz CT molecular complexity index is 277. The Kier molecular flexibility index (Phi) is 5.25. The molecule has 0 bridgehead atoms. The number of hydrogen-bond acceptors (Lipinski definition) is 2. The van der Waals surface area contributed by atoms with Crippen molar-refractivity contribution in [3.63, 3.8) is 0 Å². The number of carbonyl (C=O) groups is 2. The van der Waals surface area contributed by atoms with Gasteiger partial charge < -0.3 is 15.3 Å². The molecule has 98 valence electrons. The largest absolute Gasteiger partial charge is 0.480 e. The van der Waals surface area contributed by atoms with Crippen molar-refractivity contribution < 1.29 is 14.7 Å². The molecule has 5 nitrogen and oxygen atoms in total. The summed E-state index contributed by atoms with van der Waals surface area (Å²) in [5.41, 5.74) is 0. The van der Waals surface area contributed by atoms with Gasteiger partial charge >= 0.3 is 12.0 Å². The molecule has 1 rings (SSSR count). The number of carboxylic acid groups (broad SMARTS) is 1. The Morgan fingerprint density at radius 2 is 2.06 bits per heavy atom. The molecular weight excluding hydrogens is 220 g/mol. The third-order valence-corrected chi connectivity index (χ3v) is 2.96. The minimum atomic E-state index is -0.969. The van der Waals surface area contributed by atoms with Crippen LogP contribution in [0.4, 0.5) is 4.79 Å². The van der Waals surface area contributed by atoms with Crippen LogP contribution < -0.4 is 5.32 Å². The lowest BCUT2D eigenvalue weighted by Crippen LogP contribution is -2.48. The van der Waals surface area contributed by atoms with E-state index < -0.39 is 12.0 Å². The maximum Gasteiger partial charge on any atom is 0.326 e. The second-order valence-electron chi connectivity index (χ2n) is 4.64. The molecule has 0 aromatic carbocycles. The van der Waals surface area contributed by atoms with Gasteiger partial charge in [-0.2, -0.15) is 0 Å². The minimum Gasteiger partial charge on any atom is -0.480 e. The van der Waals surface area contributed by atoms with Crippen molar-refractivity contribution >= 4 is 12.0 Å². The zero-order valence-corrected chi connectivity index (χ0v) is 10.6. The number of amides is 2. The summed E-state index contributed by atoms with van der Waals surface area (Å²) in [7, 11) is 0. The summed E-state index contributed by atoms with van der Waals surface area (Å²) >= 11 is 0. The Morgan fingerprint density at radius 1 is 1.41 bits per heavy atom. The van der Waals surface area contributed by atoms with E-state index in [1.807, 2.05) is 6.92 Å². The van der Waals surface area contributed by atoms with Gasteiger partial charge in [0.05, 0.1) is 0 Å². The summed E-state index contributed by atoms with van der Waals surface area (Å²) < 4.78 is 0. The number of rotatable bonds is 7. The van der Waals surface area contributed by atoms with Gasteiger partial charge in [0.15, 0.2) is 0 Å². The van der Waals surface area contributed by atoms with E-state index >= 15 is 0 Å². The molecule has 5 heteroatoms. The molecule has 1 saturated carbocycles. The van der Waals surface area contributed by atoms with Crippen molar-refractivity contribution in [1.29, 1.82) is 0 Å². The van der Waals surface area contributed by atoms with E-state index in [1.165, 1.54) is 12.8 Å². The number of nitrogens with one attached hydrogen (secondary N) is 1. The van der Waals surface area contributed by atoms with Crippen molar-refractivity contribution in [3.8, 4) is 0 Å². The van der Waals surface area contributed by atoms with Crippen molar-refractivity contribution in [3.05, 3.63) is 0 Å². The summed E-state index contributed by atoms with van der Waals surface area (Å²) in [6.45, 7) is 5.22. The highest BCUT2D eigenvalue weighted by molar-refractivity contribution is 5.82. The molecule has 0 aliphatic heterocycles. The number of carbonyl (C=O) groups excluding carboxylic acids is 1. The minimum absolute atomic E-state index is 0.243. The predicted octanol–water partition coefficient (Wildman–Crippen LogP) is 1.68. The predicted molar refractivity (Wildman–Crippen MR) is 64.8 cm³/mol. The van der Waals surface area contributed by atoms with Crippen LogP contribution in [0.1, 0.15) is 39.5 Å². The smallest absolute Gasteiger partial charge is 0.326 e. The van der Waals surface area contributed by atoms with Crippen LogP contribution in [-0.4, -0.2) is 41.1 Å². The molecule has 0 aromatic heterocycles. The molecule has 1 fully saturated rings. The third-order valence-electron chi connectivity index (χ3n) is 2.96. The molecule has 0 unspecified atom stereocenters. The van der Waals surface area contributed by atoms with Crippen LogP contribution in [0.15, 0.2) is 0 Å². The Morgan fingerprint density at radius 3 is 2.47 bits per heavy atom. The Labute approximate surface area is 102 Å². The average molecular weight is 242 g/mol. The first kappa shape index (κ1) is 13.8. The van der Waals surface area contributed by atoms with Gasteiger partial charge in [0.1, 0.15) is 6.04 Å². The van der Waals surface area contributed by atoms with Crippen LogP contribution in [0, 0.1) is 5.92 Å². The monoisotopic (exact) mass is 242 g/mol. The SMILES string of the molecule is CCCN(CC1CC1)C(=O)N[C@@H](CC)C(=O)O. The zero-order chi connectivity index (χ0) is 12.8. The van der Waals surface area contributed by atoms with Gasteiger partial charge in [-0.1, -0.05) is 13.8 Å². The van der Waals surface area contributed by atoms with Gasteiger partial charge in [0.2, 0.25) is 0 Å². The molecule has 0 heterocycles. The summed E-state index contributed by atoms with van der Waals surface area (Å²) in [4.78, 5) is 24.5. The molecular formula is C12H22N2O3. The molecule has 17 heavy (non-hydrogen) atoms. The number of urea groups is 1. The molecule has 0 saturated heterocycles. The highest BCUT2D eigenvalue weighted by Crippen LogP contribution is 2.29. The fraction of sp³-hybridized carbons (Fsp3) is 0.833. The van der Waals surface area contributed by atoms with Gasteiger partial charge in [-0.25, -0.2) is 9.59 Å². The van der Waals surface area contributed by atoms with Crippen molar-refractivity contribution in [2.75, 3.05) is 13.1 Å². The van der Waals surface area contributed by atoms with Crippen LogP contribution in [0.5, 0.6) is 0 Å². The van der Waals surface area contributed by atoms with Crippen LogP contribution in [-0.2, 0) is 4.79 Å². The summed E-state index contributed by atoms with van der Waals surface area (Å²) in [5.74, 6) is -0.346. The highest BCUT2D eigenvalue weighted by atomic mass is 16.4. The van der Waals surface area contributed by atoms with Crippen LogP contribution in [0.2, 0.25) is 0 Å². The lowest BCUT2D eigenvalue weighted by atomic mass is 10.2. The van der Waals surface area contributed by atoms with E-state index in [4.69, 9.17) is 5.11 Å². The molecule has 0 radical (unpaired) electrons. The number of hydrogen-bond donors (Lipinski definition) is 2. The standard InChI is InChI=1S/C12H22N2O3/c1-3-7-14(8-9-5-6-9)12(17)13-10(4-2)11(15)16/h9-10H,3-8H2,1-2H3,(H,13,17)(H,15,16)/t10-/m0/s1. The fourth-order valence-corrected chi connectivity index (χ4v) is 1.74. The lowest BCUT2D eigenvalue weighted by Gasteiger charge is -2.24. The molecule has 2 amide bonds. The topological polar surface area (TPSA) is 69.6 Å². The molecule has 1 atom stereocenters. The molecule has 1 aliphatic carbocycles. The van der Waals surface area contributed by atoms with Gasteiger partial charge in [-0.05, 0) is 31.6 Å². The molecule has 1 aliphatic rings. The number of aliphatic carboxylic acids is 1. The maximum atomic E-state index is 11.9. The first-order chi connectivity index (χ1) is 8.08.